The zero-order valence-electron chi connectivity index (χ0n) is 13.5. The van der Waals surface area contributed by atoms with Gasteiger partial charge in [-0.1, -0.05) is 18.2 Å². The van der Waals surface area contributed by atoms with Crippen LogP contribution in [0.1, 0.15) is 12.5 Å². The quantitative estimate of drug-likeness (QED) is 0.887. The van der Waals surface area contributed by atoms with E-state index in [1.165, 1.54) is 0 Å². The molecule has 0 radical (unpaired) electrons. The fourth-order valence-corrected chi connectivity index (χ4v) is 2.44. The maximum atomic E-state index is 11.6. The van der Waals surface area contributed by atoms with E-state index in [-0.39, 0.29) is 24.9 Å². The van der Waals surface area contributed by atoms with Gasteiger partial charge in [-0.25, -0.2) is 0 Å². The summed E-state index contributed by atoms with van der Waals surface area (Å²) in [6, 6.07) is 8.48. The summed E-state index contributed by atoms with van der Waals surface area (Å²) in [5.74, 6) is 0.777. The van der Waals surface area contributed by atoms with Gasteiger partial charge in [0.2, 0.25) is 0 Å². The van der Waals surface area contributed by atoms with Crippen molar-refractivity contribution in [1.82, 2.24) is 15.1 Å². The Morgan fingerprint density at radius 3 is 2.82 bits per heavy atom. The van der Waals surface area contributed by atoms with E-state index in [0.29, 0.717) is 6.04 Å². The molecule has 0 spiro atoms. The smallest absolute Gasteiger partial charge is 0.259 e. The summed E-state index contributed by atoms with van der Waals surface area (Å²) in [6.07, 6.45) is 0. The van der Waals surface area contributed by atoms with Gasteiger partial charge in [0.15, 0.2) is 6.61 Å². The lowest BCUT2D eigenvalue weighted by atomic mass is 10.1. The molecule has 0 unspecified atom stereocenters. The van der Waals surface area contributed by atoms with E-state index in [1.807, 2.05) is 18.2 Å². The number of piperazine rings is 1. The lowest BCUT2D eigenvalue weighted by Crippen LogP contribution is -2.48. The van der Waals surface area contributed by atoms with Gasteiger partial charge in [-0.15, -0.1) is 12.4 Å². The molecule has 1 heterocycles. The highest BCUT2D eigenvalue weighted by Crippen LogP contribution is 2.20. The summed E-state index contributed by atoms with van der Waals surface area (Å²) in [4.78, 5) is 15.6. The van der Waals surface area contributed by atoms with Gasteiger partial charge in [-0.05, 0) is 13.0 Å². The molecule has 0 aliphatic carbocycles. The second-order valence-corrected chi connectivity index (χ2v) is 5.77. The first-order valence-electron chi connectivity index (χ1n) is 7.43. The molecule has 1 aliphatic rings. The Hall–Kier alpha value is -1.30. The molecule has 0 bridgehead atoms. The molecule has 1 aliphatic heterocycles. The Labute approximate surface area is 139 Å². The minimum Gasteiger partial charge on any atom is -0.483 e. The second-order valence-electron chi connectivity index (χ2n) is 5.77. The number of amides is 1. The molecule has 2 rings (SSSR count). The number of hydrogen-bond acceptors (Lipinski definition) is 4. The standard InChI is InChI=1S/C16H25N3O2.ClH/c1-13-10-19(9-8-17-13)11-14-6-4-5-7-15(14)21-12-16(20)18(2)3;/h4-7,13,17H,8-12H2,1-3H3;1H/t13-;/m0./s1. The zero-order chi connectivity index (χ0) is 15.2. The van der Waals surface area contributed by atoms with Crippen molar-refractivity contribution in [2.24, 2.45) is 0 Å². The van der Waals surface area contributed by atoms with E-state index >= 15 is 0 Å². The molecule has 1 fully saturated rings. The van der Waals surface area contributed by atoms with Crippen LogP contribution in [0.25, 0.3) is 0 Å². The average molecular weight is 328 g/mol. The summed E-state index contributed by atoms with van der Waals surface area (Å²) in [5.41, 5.74) is 1.14. The zero-order valence-corrected chi connectivity index (χ0v) is 14.4. The van der Waals surface area contributed by atoms with Gasteiger partial charge >= 0.3 is 0 Å². The molecule has 0 saturated carbocycles. The number of para-hydroxylation sites is 1. The molecule has 1 atom stereocenters. The minimum absolute atomic E-state index is 0. The van der Waals surface area contributed by atoms with Crippen LogP contribution in [0, 0.1) is 0 Å². The number of rotatable bonds is 5. The number of benzene rings is 1. The molecule has 1 N–H and O–H groups in total. The first-order chi connectivity index (χ1) is 10.1. The van der Waals surface area contributed by atoms with Crippen molar-refractivity contribution >= 4 is 18.3 Å². The SMILES string of the molecule is C[C@H]1CN(Cc2ccccc2OCC(=O)N(C)C)CCN1.Cl. The van der Waals surface area contributed by atoms with E-state index in [0.717, 1.165) is 37.5 Å². The Bertz CT molecular complexity index is 482. The third-order valence-electron chi connectivity index (χ3n) is 3.67. The number of carbonyl (C=O) groups is 1. The molecule has 124 valence electrons. The van der Waals surface area contributed by atoms with Crippen molar-refractivity contribution in [2.75, 3.05) is 40.3 Å². The number of hydrogen-bond donors (Lipinski definition) is 1. The highest BCUT2D eigenvalue weighted by atomic mass is 35.5. The Morgan fingerprint density at radius 2 is 2.14 bits per heavy atom. The number of nitrogens with zero attached hydrogens (tertiary/aromatic N) is 2. The van der Waals surface area contributed by atoms with Crippen molar-refractivity contribution in [3.05, 3.63) is 29.8 Å². The average Bonchev–Trinajstić information content (AvgIpc) is 2.46. The third kappa shape index (κ3) is 5.48. The predicted molar refractivity (Wildman–Crippen MR) is 90.6 cm³/mol. The lowest BCUT2D eigenvalue weighted by Gasteiger charge is -2.32. The van der Waals surface area contributed by atoms with Crippen LogP contribution in [-0.2, 0) is 11.3 Å². The summed E-state index contributed by atoms with van der Waals surface area (Å²) in [6.45, 7) is 6.23. The molecule has 0 aromatic heterocycles. The Balaban J connectivity index is 0.00000242. The van der Waals surface area contributed by atoms with Crippen molar-refractivity contribution in [3.8, 4) is 5.75 Å². The number of nitrogens with one attached hydrogen (secondary N) is 1. The van der Waals surface area contributed by atoms with Gasteiger partial charge in [0, 0.05) is 51.9 Å². The van der Waals surface area contributed by atoms with Crippen LogP contribution >= 0.6 is 12.4 Å². The van der Waals surface area contributed by atoms with Crippen LogP contribution in [0.2, 0.25) is 0 Å². The Kier molecular flexibility index (Phi) is 7.65. The molecule has 1 aromatic carbocycles. The highest BCUT2D eigenvalue weighted by Gasteiger charge is 2.17. The normalized spacial score (nSPS) is 18.4. The third-order valence-corrected chi connectivity index (χ3v) is 3.67. The van der Waals surface area contributed by atoms with Crippen LogP contribution in [-0.4, -0.2) is 62.1 Å². The van der Waals surface area contributed by atoms with Crippen molar-refractivity contribution in [2.45, 2.75) is 19.5 Å². The fourth-order valence-electron chi connectivity index (χ4n) is 2.44. The fraction of sp³-hybridized carbons (Fsp3) is 0.562. The van der Waals surface area contributed by atoms with Crippen molar-refractivity contribution in [3.63, 3.8) is 0 Å². The molecule has 1 aromatic rings. The molecular weight excluding hydrogens is 302 g/mol. The second kappa shape index (κ2) is 8.98. The maximum absolute atomic E-state index is 11.6. The monoisotopic (exact) mass is 327 g/mol. The van der Waals surface area contributed by atoms with E-state index in [4.69, 9.17) is 4.74 Å². The summed E-state index contributed by atoms with van der Waals surface area (Å²) >= 11 is 0. The first-order valence-corrected chi connectivity index (χ1v) is 7.43. The van der Waals surface area contributed by atoms with E-state index in [1.54, 1.807) is 19.0 Å². The number of likely N-dealkylation sites (N-methyl/N-ethyl adjacent to an activating group) is 1. The topological polar surface area (TPSA) is 44.8 Å². The molecule has 1 saturated heterocycles. The number of carbonyl (C=O) groups excluding carboxylic acids is 1. The summed E-state index contributed by atoms with van der Waals surface area (Å²) in [7, 11) is 3.47. The molecular formula is C16H26ClN3O2. The van der Waals surface area contributed by atoms with Crippen LogP contribution in [0.15, 0.2) is 24.3 Å². The molecule has 6 heteroatoms. The van der Waals surface area contributed by atoms with Crippen LogP contribution in [0.3, 0.4) is 0 Å². The van der Waals surface area contributed by atoms with Gasteiger partial charge in [0.25, 0.3) is 5.91 Å². The van der Waals surface area contributed by atoms with Crippen molar-refractivity contribution in [1.29, 1.82) is 0 Å². The van der Waals surface area contributed by atoms with Gasteiger partial charge in [0.05, 0.1) is 0 Å². The van der Waals surface area contributed by atoms with Gasteiger partial charge < -0.3 is 15.0 Å². The number of halogens is 1. The van der Waals surface area contributed by atoms with Gasteiger partial charge in [-0.3, -0.25) is 9.69 Å². The predicted octanol–water partition coefficient (Wildman–Crippen LogP) is 1.37. The van der Waals surface area contributed by atoms with Crippen LogP contribution < -0.4 is 10.1 Å². The highest BCUT2D eigenvalue weighted by molar-refractivity contribution is 5.85. The van der Waals surface area contributed by atoms with Gasteiger partial charge in [0.1, 0.15) is 5.75 Å². The lowest BCUT2D eigenvalue weighted by molar-refractivity contribution is -0.130. The first kappa shape index (κ1) is 18.7. The summed E-state index contributed by atoms with van der Waals surface area (Å²) in [5, 5.41) is 3.44. The van der Waals surface area contributed by atoms with Crippen LogP contribution in [0.5, 0.6) is 5.75 Å². The number of ether oxygens (including phenoxy) is 1. The van der Waals surface area contributed by atoms with E-state index < -0.39 is 0 Å². The molecule has 1 amide bonds. The van der Waals surface area contributed by atoms with E-state index in [2.05, 4.69) is 23.2 Å². The van der Waals surface area contributed by atoms with Crippen LogP contribution in [0.4, 0.5) is 0 Å². The molecule has 22 heavy (non-hydrogen) atoms. The van der Waals surface area contributed by atoms with E-state index in [9.17, 15) is 4.79 Å². The minimum atomic E-state index is -0.0272. The largest absolute Gasteiger partial charge is 0.483 e. The Morgan fingerprint density at radius 1 is 1.41 bits per heavy atom. The summed E-state index contributed by atoms with van der Waals surface area (Å²) < 4.78 is 5.70. The molecule has 5 nitrogen and oxygen atoms in total. The van der Waals surface area contributed by atoms with Gasteiger partial charge in [-0.2, -0.15) is 0 Å². The maximum Gasteiger partial charge on any atom is 0.259 e. The van der Waals surface area contributed by atoms with Crippen molar-refractivity contribution < 1.29 is 9.53 Å².